The Morgan fingerprint density at radius 3 is 3.00 bits per heavy atom. The average Bonchev–Trinajstić information content (AvgIpc) is 2.70. The molecule has 1 atom stereocenters. The highest BCUT2D eigenvalue weighted by atomic mass is 35.5. The highest BCUT2D eigenvalue weighted by Crippen LogP contribution is 2.22. The summed E-state index contributed by atoms with van der Waals surface area (Å²) in [6.45, 7) is 0.338. The third kappa shape index (κ3) is 2.79. The minimum atomic E-state index is -0.395. The molecule has 0 radical (unpaired) electrons. The summed E-state index contributed by atoms with van der Waals surface area (Å²) in [5, 5.41) is 2.65. The van der Waals surface area contributed by atoms with Crippen molar-refractivity contribution in [2.75, 3.05) is 17.3 Å². The van der Waals surface area contributed by atoms with E-state index in [1.807, 2.05) is 0 Å². The monoisotopic (exact) mass is 270 g/mol. The van der Waals surface area contributed by atoms with Crippen LogP contribution in [0.1, 0.15) is 6.42 Å². The summed E-state index contributed by atoms with van der Waals surface area (Å²) >= 11 is 5.38. The van der Waals surface area contributed by atoms with Crippen LogP contribution in [0.15, 0.2) is 24.3 Å². The molecule has 1 saturated heterocycles. The number of carbonyl (C=O) groups excluding carboxylic acids is 2. The molecule has 1 heterocycles. The standard InChI is InChI=1S/C12H12ClFN2O2/c13-6-11(17)15-9-5-12(18)16(7-9)10-3-1-2-8(14)4-10/h1-4,9H,5-7H2,(H,15,17)/t9-/m0/s1. The van der Waals surface area contributed by atoms with E-state index in [2.05, 4.69) is 5.32 Å². The summed E-state index contributed by atoms with van der Waals surface area (Å²) in [7, 11) is 0. The van der Waals surface area contributed by atoms with Crippen LogP contribution in [-0.2, 0) is 9.59 Å². The molecule has 0 bridgehead atoms. The molecule has 1 fully saturated rings. The number of halogens is 2. The molecule has 0 spiro atoms. The Hall–Kier alpha value is -1.62. The first-order chi connectivity index (χ1) is 8.60. The van der Waals surface area contributed by atoms with Crippen molar-refractivity contribution in [3.8, 4) is 0 Å². The van der Waals surface area contributed by atoms with Gasteiger partial charge in [-0.3, -0.25) is 9.59 Å². The van der Waals surface area contributed by atoms with Gasteiger partial charge in [-0.05, 0) is 18.2 Å². The van der Waals surface area contributed by atoms with E-state index < -0.39 is 5.82 Å². The number of nitrogens with zero attached hydrogens (tertiary/aromatic N) is 1. The van der Waals surface area contributed by atoms with Gasteiger partial charge in [-0.25, -0.2) is 4.39 Å². The van der Waals surface area contributed by atoms with Crippen LogP contribution in [0.25, 0.3) is 0 Å². The minimum absolute atomic E-state index is 0.134. The lowest BCUT2D eigenvalue weighted by molar-refractivity contribution is -0.119. The van der Waals surface area contributed by atoms with E-state index in [0.717, 1.165) is 0 Å². The molecule has 2 rings (SSSR count). The Morgan fingerprint density at radius 1 is 1.56 bits per heavy atom. The van der Waals surface area contributed by atoms with Crippen LogP contribution in [0.5, 0.6) is 0 Å². The Morgan fingerprint density at radius 2 is 2.33 bits per heavy atom. The molecule has 96 valence electrons. The molecule has 0 unspecified atom stereocenters. The lowest BCUT2D eigenvalue weighted by atomic mass is 10.2. The van der Waals surface area contributed by atoms with Gasteiger partial charge in [-0.15, -0.1) is 11.6 Å². The van der Waals surface area contributed by atoms with Crippen molar-refractivity contribution in [3.63, 3.8) is 0 Å². The molecule has 1 aromatic carbocycles. The maximum atomic E-state index is 13.1. The summed E-state index contributed by atoms with van der Waals surface area (Å²) in [5.41, 5.74) is 0.502. The van der Waals surface area contributed by atoms with Gasteiger partial charge >= 0.3 is 0 Å². The van der Waals surface area contributed by atoms with Crippen molar-refractivity contribution < 1.29 is 14.0 Å². The third-order valence-electron chi connectivity index (χ3n) is 2.73. The SMILES string of the molecule is O=C(CCl)N[C@H]1CC(=O)N(c2cccc(F)c2)C1. The van der Waals surface area contributed by atoms with Crippen LogP contribution in [0.3, 0.4) is 0 Å². The molecule has 18 heavy (non-hydrogen) atoms. The summed E-state index contributed by atoms with van der Waals surface area (Å²) < 4.78 is 13.1. The number of carbonyl (C=O) groups is 2. The highest BCUT2D eigenvalue weighted by Gasteiger charge is 2.31. The van der Waals surface area contributed by atoms with Crippen LogP contribution in [0.2, 0.25) is 0 Å². The zero-order chi connectivity index (χ0) is 13.1. The molecular formula is C12H12ClFN2O2. The summed E-state index contributed by atoms with van der Waals surface area (Å²) in [4.78, 5) is 24.4. The van der Waals surface area contributed by atoms with Gasteiger partial charge in [0.1, 0.15) is 11.7 Å². The van der Waals surface area contributed by atoms with Gasteiger partial charge in [0.2, 0.25) is 11.8 Å². The molecule has 6 heteroatoms. The fourth-order valence-corrected chi connectivity index (χ4v) is 2.04. The van der Waals surface area contributed by atoms with Crippen molar-refractivity contribution in [2.45, 2.75) is 12.5 Å². The first-order valence-electron chi connectivity index (χ1n) is 5.51. The van der Waals surface area contributed by atoms with Gasteiger partial charge in [0.05, 0.1) is 6.04 Å². The van der Waals surface area contributed by atoms with Crippen molar-refractivity contribution in [1.82, 2.24) is 5.32 Å². The van der Waals surface area contributed by atoms with E-state index >= 15 is 0 Å². The van der Waals surface area contributed by atoms with Gasteiger partial charge in [0.15, 0.2) is 0 Å². The topological polar surface area (TPSA) is 49.4 Å². The molecule has 1 aliphatic rings. The number of nitrogens with one attached hydrogen (secondary N) is 1. The number of hydrogen-bond donors (Lipinski definition) is 1. The van der Waals surface area contributed by atoms with Gasteiger partial charge < -0.3 is 10.2 Å². The fraction of sp³-hybridized carbons (Fsp3) is 0.333. The van der Waals surface area contributed by atoms with E-state index in [0.29, 0.717) is 12.2 Å². The van der Waals surface area contributed by atoms with Crippen LogP contribution in [-0.4, -0.2) is 30.3 Å². The maximum absolute atomic E-state index is 13.1. The Kier molecular flexibility index (Phi) is 3.81. The van der Waals surface area contributed by atoms with Crippen LogP contribution < -0.4 is 10.2 Å². The van der Waals surface area contributed by atoms with Crippen molar-refractivity contribution in [1.29, 1.82) is 0 Å². The molecule has 1 aromatic rings. The lowest BCUT2D eigenvalue weighted by Gasteiger charge is -2.17. The van der Waals surface area contributed by atoms with E-state index in [-0.39, 0.29) is 30.2 Å². The van der Waals surface area contributed by atoms with Crippen LogP contribution in [0, 0.1) is 5.82 Å². The van der Waals surface area contributed by atoms with E-state index in [1.54, 1.807) is 12.1 Å². The third-order valence-corrected chi connectivity index (χ3v) is 2.97. The fourth-order valence-electron chi connectivity index (χ4n) is 1.96. The van der Waals surface area contributed by atoms with E-state index in [9.17, 15) is 14.0 Å². The van der Waals surface area contributed by atoms with Gasteiger partial charge in [-0.2, -0.15) is 0 Å². The van der Waals surface area contributed by atoms with Crippen molar-refractivity contribution >= 4 is 29.1 Å². The van der Waals surface area contributed by atoms with Gasteiger partial charge in [0, 0.05) is 18.7 Å². The Balaban J connectivity index is 2.08. The van der Waals surface area contributed by atoms with E-state index in [4.69, 9.17) is 11.6 Å². The highest BCUT2D eigenvalue weighted by molar-refractivity contribution is 6.27. The predicted molar refractivity (Wildman–Crippen MR) is 66.0 cm³/mol. The smallest absolute Gasteiger partial charge is 0.235 e. The molecular weight excluding hydrogens is 259 g/mol. The number of benzene rings is 1. The Labute approximate surface area is 109 Å². The number of anilines is 1. The minimum Gasteiger partial charge on any atom is -0.350 e. The van der Waals surface area contributed by atoms with E-state index in [1.165, 1.54) is 17.0 Å². The average molecular weight is 271 g/mol. The molecule has 0 aliphatic carbocycles. The first kappa shape index (κ1) is 12.8. The second kappa shape index (κ2) is 5.35. The van der Waals surface area contributed by atoms with Gasteiger partial charge in [-0.1, -0.05) is 6.07 Å². The summed E-state index contributed by atoms with van der Waals surface area (Å²) in [5.74, 6) is -0.977. The molecule has 0 saturated carbocycles. The molecule has 0 aromatic heterocycles. The Bertz CT molecular complexity index is 481. The normalized spacial score (nSPS) is 19.1. The van der Waals surface area contributed by atoms with Crippen LogP contribution in [0.4, 0.5) is 10.1 Å². The number of alkyl halides is 1. The van der Waals surface area contributed by atoms with Crippen LogP contribution >= 0.6 is 11.6 Å². The number of amides is 2. The summed E-state index contributed by atoms with van der Waals surface area (Å²) in [6.07, 6.45) is 0.207. The summed E-state index contributed by atoms with van der Waals surface area (Å²) in [6, 6.07) is 5.54. The van der Waals surface area contributed by atoms with Crippen molar-refractivity contribution in [3.05, 3.63) is 30.1 Å². The quantitative estimate of drug-likeness (QED) is 0.842. The van der Waals surface area contributed by atoms with Crippen molar-refractivity contribution in [2.24, 2.45) is 0 Å². The molecule has 4 nitrogen and oxygen atoms in total. The molecule has 2 amide bonds. The zero-order valence-corrected chi connectivity index (χ0v) is 10.3. The number of hydrogen-bond acceptors (Lipinski definition) is 2. The molecule has 1 aliphatic heterocycles. The van der Waals surface area contributed by atoms with Gasteiger partial charge in [0.25, 0.3) is 0 Å². The molecule has 1 N–H and O–H groups in total. The number of rotatable bonds is 3. The maximum Gasteiger partial charge on any atom is 0.235 e. The first-order valence-corrected chi connectivity index (χ1v) is 6.05. The lowest BCUT2D eigenvalue weighted by Crippen LogP contribution is -2.37. The largest absolute Gasteiger partial charge is 0.350 e. The zero-order valence-electron chi connectivity index (χ0n) is 9.53. The second-order valence-corrected chi connectivity index (χ2v) is 4.35. The predicted octanol–water partition coefficient (Wildman–Crippen LogP) is 1.29. The second-order valence-electron chi connectivity index (χ2n) is 4.09.